The lowest BCUT2D eigenvalue weighted by Crippen LogP contribution is -2.52. The number of hydrogen-bond donors (Lipinski definition) is 0. The number of carbonyl (C=O) groups is 2. The van der Waals surface area contributed by atoms with Crippen LogP contribution < -0.4 is 0 Å². The summed E-state index contributed by atoms with van der Waals surface area (Å²) < 4.78 is 0. The summed E-state index contributed by atoms with van der Waals surface area (Å²) in [7, 11) is 0. The largest absolute Gasteiger partial charge is 0.339 e. The van der Waals surface area contributed by atoms with Gasteiger partial charge < -0.3 is 9.80 Å². The molecule has 1 aliphatic carbocycles. The van der Waals surface area contributed by atoms with Crippen molar-refractivity contribution < 1.29 is 9.59 Å². The Morgan fingerprint density at radius 2 is 1.79 bits per heavy atom. The molecule has 2 fully saturated rings. The van der Waals surface area contributed by atoms with E-state index in [1.807, 2.05) is 41.0 Å². The van der Waals surface area contributed by atoms with Crippen LogP contribution in [-0.2, 0) is 10.5 Å². The predicted molar refractivity (Wildman–Crippen MR) is 113 cm³/mol. The Morgan fingerprint density at radius 3 is 2.36 bits per heavy atom. The van der Waals surface area contributed by atoms with Crippen LogP contribution in [0.3, 0.4) is 0 Å². The molecule has 2 aromatic rings. The number of amides is 2. The van der Waals surface area contributed by atoms with Gasteiger partial charge in [0, 0.05) is 53.7 Å². The van der Waals surface area contributed by atoms with E-state index in [1.165, 1.54) is 6.42 Å². The van der Waals surface area contributed by atoms with Gasteiger partial charge in [-0.25, -0.2) is 4.98 Å². The molecule has 1 saturated heterocycles. The summed E-state index contributed by atoms with van der Waals surface area (Å²) in [5, 5.41) is 3.18. The van der Waals surface area contributed by atoms with E-state index in [9.17, 15) is 9.59 Å². The van der Waals surface area contributed by atoms with E-state index in [-0.39, 0.29) is 17.7 Å². The highest BCUT2D eigenvalue weighted by atomic mass is 32.2. The molecule has 1 aliphatic heterocycles. The Morgan fingerprint density at radius 1 is 1.11 bits per heavy atom. The van der Waals surface area contributed by atoms with Crippen molar-refractivity contribution >= 4 is 34.9 Å². The molecule has 4 rings (SSSR count). The first-order valence-electron chi connectivity index (χ1n) is 9.82. The molecule has 0 N–H and O–H groups in total. The second-order valence-corrected chi connectivity index (χ2v) is 9.53. The van der Waals surface area contributed by atoms with E-state index >= 15 is 0 Å². The first kappa shape index (κ1) is 19.5. The van der Waals surface area contributed by atoms with Crippen molar-refractivity contribution in [3.05, 3.63) is 45.9 Å². The zero-order valence-corrected chi connectivity index (χ0v) is 17.7. The number of nitrogens with zero attached hydrogens (tertiary/aromatic N) is 3. The average Bonchev–Trinajstić information content (AvgIpc) is 3.10. The molecule has 1 aromatic carbocycles. The Kier molecular flexibility index (Phi) is 6.01. The third-order valence-corrected chi connectivity index (χ3v) is 7.36. The molecule has 5 nitrogen and oxygen atoms in total. The molecule has 0 spiro atoms. The summed E-state index contributed by atoms with van der Waals surface area (Å²) in [4.78, 5) is 34.5. The lowest BCUT2D eigenvalue weighted by Gasteiger charge is -2.38. The van der Waals surface area contributed by atoms with Crippen LogP contribution in [0, 0.1) is 12.8 Å². The van der Waals surface area contributed by atoms with Gasteiger partial charge in [0.1, 0.15) is 0 Å². The Bertz CT molecular complexity index is 838. The summed E-state index contributed by atoms with van der Waals surface area (Å²) >= 11 is 3.40. The van der Waals surface area contributed by atoms with Gasteiger partial charge in [0.2, 0.25) is 5.91 Å². The van der Waals surface area contributed by atoms with E-state index in [0.717, 1.165) is 34.2 Å². The molecule has 0 bridgehead atoms. The van der Waals surface area contributed by atoms with Crippen molar-refractivity contribution in [2.24, 2.45) is 5.92 Å². The van der Waals surface area contributed by atoms with Crippen LogP contribution in [-0.4, -0.2) is 52.8 Å². The molecule has 1 aromatic heterocycles. The molecule has 2 heterocycles. The van der Waals surface area contributed by atoms with Crippen LogP contribution in [0.2, 0.25) is 0 Å². The number of rotatable bonds is 5. The Labute approximate surface area is 174 Å². The quantitative estimate of drug-likeness (QED) is 0.697. The molecule has 0 atom stereocenters. The molecule has 0 radical (unpaired) electrons. The average molecular weight is 416 g/mol. The van der Waals surface area contributed by atoms with Crippen LogP contribution in [0.15, 0.2) is 34.5 Å². The minimum atomic E-state index is 0.0578. The molecule has 7 heteroatoms. The maximum atomic E-state index is 12.8. The normalized spacial score (nSPS) is 17.5. The van der Waals surface area contributed by atoms with E-state index in [2.05, 4.69) is 10.4 Å². The van der Waals surface area contributed by atoms with Gasteiger partial charge in [-0.05, 0) is 44.0 Å². The van der Waals surface area contributed by atoms with E-state index in [1.54, 1.807) is 23.1 Å². The highest BCUT2D eigenvalue weighted by Crippen LogP contribution is 2.29. The van der Waals surface area contributed by atoms with Crippen LogP contribution in [0.4, 0.5) is 0 Å². The maximum absolute atomic E-state index is 12.8. The predicted octanol–water partition coefficient (Wildman–Crippen LogP) is 3.83. The molecule has 2 amide bonds. The summed E-state index contributed by atoms with van der Waals surface area (Å²) in [6.45, 7) is 4.57. The number of aryl methyl sites for hydroxylation is 1. The zero-order chi connectivity index (χ0) is 19.5. The van der Waals surface area contributed by atoms with Gasteiger partial charge >= 0.3 is 0 Å². The number of hydrogen-bond acceptors (Lipinski definition) is 5. The Hall–Kier alpha value is -1.86. The van der Waals surface area contributed by atoms with Crippen LogP contribution >= 0.6 is 23.1 Å². The third kappa shape index (κ3) is 4.41. The van der Waals surface area contributed by atoms with Gasteiger partial charge in [-0.1, -0.05) is 6.42 Å². The SMILES string of the molecule is Cc1nc(CSc2ccc(C(=O)N3CCN(C(=O)C4CCC4)CC3)cc2)cs1. The molecule has 0 unspecified atom stereocenters. The summed E-state index contributed by atoms with van der Waals surface area (Å²) in [6.07, 6.45) is 3.24. The highest BCUT2D eigenvalue weighted by Gasteiger charge is 2.32. The van der Waals surface area contributed by atoms with E-state index in [4.69, 9.17) is 0 Å². The second kappa shape index (κ2) is 8.66. The molecule has 28 heavy (non-hydrogen) atoms. The van der Waals surface area contributed by atoms with Gasteiger partial charge in [0.15, 0.2) is 0 Å². The van der Waals surface area contributed by atoms with E-state index < -0.39 is 0 Å². The maximum Gasteiger partial charge on any atom is 0.253 e. The topological polar surface area (TPSA) is 53.5 Å². The van der Waals surface area contributed by atoms with Gasteiger partial charge in [0.25, 0.3) is 5.91 Å². The number of aromatic nitrogens is 1. The number of piperazine rings is 1. The van der Waals surface area contributed by atoms with Crippen molar-refractivity contribution in [1.29, 1.82) is 0 Å². The minimum Gasteiger partial charge on any atom is -0.339 e. The number of thioether (sulfide) groups is 1. The molecular formula is C21H25N3O2S2. The smallest absolute Gasteiger partial charge is 0.253 e. The van der Waals surface area contributed by atoms with Crippen molar-refractivity contribution in [3.8, 4) is 0 Å². The van der Waals surface area contributed by atoms with Crippen molar-refractivity contribution in [2.45, 2.75) is 36.8 Å². The summed E-state index contributed by atoms with van der Waals surface area (Å²) in [5.74, 6) is 1.42. The van der Waals surface area contributed by atoms with E-state index in [0.29, 0.717) is 31.7 Å². The van der Waals surface area contributed by atoms with Gasteiger partial charge in [-0.15, -0.1) is 23.1 Å². The number of carbonyl (C=O) groups excluding carboxylic acids is 2. The number of thiazole rings is 1. The van der Waals surface area contributed by atoms with Crippen molar-refractivity contribution in [3.63, 3.8) is 0 Å². The van der Waals surface area contributed by atoms with Gasteiger partial charge in [-0.2, -0.15) is 0 Å². The summed E-state index contributed by atoms with van der Waals surface area (Å²) in [5.41, 5.74) is 1.81. The lowest BCUT2D eigenvalue weighted by atomic mass is 9.84. The van der Waals surface area contributed by atoms with Crippen molar-refractivity contribution in [1.82, 2.24) is 14.8 Å². The van der Waals surface area contributed by atoms with Crippen molar-refractivity contribution in [2.75, 3.05) is 26.2 Å². The van der Waals surface area contributed by atoms with Crippen LogP contribution in [0.1, 0.15) is 40.3 Å². The molecular weight excluding hydrogens is 390 g/mol. The first-order valence-corrected chi connectivity index (χ1v) is 11.7. The monoisotopic (exact) mass is 415 g/mol. The lowest BCUT2D eigenvalue weighted by molar-refractivity contribution is -0.139. The fourth-order valence-electron chi connectivity index (χ4n) is 3.55. The Balaban J connectivity index is 1.28. The fraction of sp³-hybridized carbons (Fsp3) is 0.476. The summed E-state index contributed by atoms with van der Waals surface area (Å²) in [6, 6.07) is 7.83. The number of benzene rings is 1. The zero-order valence-electron chi connectivity index (χ0n) is 16.1. The molecule has 1 saturated carbocycles. The third-order valence-electron chi connectivity index (χ3n) is 5.49. The first-order chi connectivity index (χ1) is 13.6. The standard InChI is InChI=1S/C21H25N3O2S2/c1-15-22-18(13-27-15)14-28-19-7-5-17(6-8-19)21(26)24-11-9-23(10-12-24)20(25)16-3-2-4-16/h5-8,13,16H,2-4,9-12,14H2,1H3. The minimum absolute atomic E-state index is 0.0578. The molecule has 2 aliphatic rings. The van der Waals surface area contributed by atoms with Crippen LogP contribution in [0.25, 0.3) is 0 Å². The van der Waals surface area contributed by atoms with Gasteiger partial charge in [0.05, 0.1) is 10.7 Å². The fourth-order valence-corrected chi connectivity index (χ4v) is 5.06. The highest BCUT2D eigenvalue weighted by molar-refractivity contribution is 7.98. The molecule has 148 valence electrons. The van der Waals surface area contributed by atoms with Crippen LogP contribution in [0.5, 0.6) is 0 Å². The van der Waals surface area contributed by atoms with Gasteiger partial charge in [-0.3, -0.25) is 9.59 Å². The second-order valence-electron chi connectivity index (χ2n) is 7.42.